The molecule has 0 aliphatic heterocycles. The number of hydrogen-bond donors (Lipinski definition) is 0. The maximum absolute atomic E-state index is 6.20. The van der Waals surface area contributed by atoms with E-state index in [1.807, 2.05) is 13.8 Å². The molecule has 0 spiro atoms. The van der Waals surface area contributed by atoms with Crippen LogP contribution >= 0.6 is 11.6 Å². The van der Waals surface area contributed by atoms with Crippen molar-refractivity contribution in [3.05, 3.63) is 46.4 Å². The zero-order chi connectivity index (χ0) is 13.4. The predicted octanol–water partition coefficient (Wildman–Crippen LogP) is 4.68. The zero-order valence-electron chi connectivity index (χ0n) is 11.3. The van der Waals surface area contributed by atoms with Crippen LogP contribution in [0.1, 0.15) is 42.1 Å². The average molecular weight is 273 g/mol. The van der Waals surface area contributed by atoms with Gasteiger partial charge in [-0.05, 0) is 38.2 Å². The summed E-state index contributed by atoms with van der Waals surface area (Å²) < 4.78 is 0. The lowest BCUT2D eigenvalue weighted by Crippen LogP contribution is -2.10. The Balaban J connectivity index is 2.16. The highest BCUT2D eigenvalue weighted by Crippen LogP contribution is 2.41. The van der Waals surface area contributed by atoms with Crippen LogP contribution in [0.25, 0.3) is 11.3 Å². The fourth-order valence-electron chi connectivity index (χ4n) is 2.64. The van der Waals surface area contributed by atoms with Crippen molar-refractivity contribution in [3.8, 4) is 11.3 Å². The highest BCUT2D eigenvalue weighted by Gasteiger charge is 2.23. The van der Waals surface area contributed by atoms with Gasteiger partial charge in [-0.15, -0.1) is 0 Å². The Morgan fingerprint density at radius 3 is 2.53 bits per heavy atom. The van der Waals surface area contributed by atoms with E-state index in [-0.39, 0.29) is 0 Å². The number of nitrogens with zero attached hydrogens (tertiary/aromatic N) is 2. The number of hydrogen-bond acceptors (Lipinski definition) is 2. The summed E-state index contributed by atoms with van der Waals surface area (Å²) in [5.74, 6) is 1.42. The molecule has 1 heterocycles. The van der Waals surface area contributed by atoms with Gasteiger partial charge in [-0.2, -0.15) is 0 Å². The van der Waals surface area contributed by atoms with Gasteiger partial charge in [0.2, 0.25) is 0 Å². The summed E-state index contributed by atoms with van der Waals surface area (Å²) in [6, 6.07) is 8.56. The molecule has 1 saturated carbocycles. The molecule has 2 nitrogen and oxygen atoms in total. The van der Waals surface area contributed by atoms with E-state index in [0.717, 1.165) is 17.1 Å². The molecule has 3 heteroatoms. The Hall–Kier alpha value is -1.41. The van der Waals surface area contributed by atoms with E-state index < -0.39 is 0 Å². The van der Waals surface area contributed by atoms with Crippen LogP contribution < -0.4 is 0 Å². The summed E-state index contributed by atoms with van der Waals surface area (Å²) in [6.45, 7) is 3.88. The molecule has 0 saturated heterocycles. The van der Waals surface area contributed by atoms with E-state index in [1.165, 1.54) is 30.4 Å². The molecule has 0 amide bonds. The summed E-state index contributed by atoms with van der Waals surface area (Å²) in [5.41, 5.74) is 4.59. The molecule has 1 aliphatic rings. The molecule has 1 aromatic carbocycles. The molecule has 1 aliphatic carbocycles. The number of rotatable bonds is 2. The van der Waals surface area contributed by atoms with Crippen LogP contribution in [0.5, 0.6) is 0 Å². The maximum atomic E-state index is 6.20. The third kappa shape index (κ3) is 2.25. The monoisotopic (exact) mass is 272 g/mol. The Morgan fingerprint density at radius 1 is 1.11 bits per heavy atom. The van der Waals surface area contributed by atoms with E-state index in [2.05, 4.69) is 34.2 Å². The fraction of sp³-hybridized carbons (Fsp3) is 0.375. The second-order valence-corrected chi connectivity index (χ2v) is 5.61. The van der Waals surface area contributed by atoms with E-state index in [9.17, 15) is 0 Å². The first-order chi connectivity index (χ1) is 9.16. The Labute approximate surface area is 118 Å². The Bertz CT molecular complexity index is 618. The van der Waals surface area contributed by atoms with Crippen molar-refractivity contribution < 1.29 is 0 Å². The van der Waals surface area contributed by atoms with E-state index in [1.54, 1.807) is 0 Å². The SMILES string of the molecule is Cc1nc(Cl)c(C)c(-c2ccccc2C2CCC2)n1. The van der Waals surface area contributed by atoms with Crippen LogP contribution in [-0.4, -0.2) is 9.97 Å². The fourth-order valence-corrected chi connectivity index (χ4v) is 2.86. The first-order valence-corrected chi connectivity index (χ1v) is 7.14. The number of aromatic nitrogens is 2. The molecule has 98 valence electrons. The van der Waals surface area contributed by atoms with Gasteiger partial charge < -0.3 is 0 Å². The van der Waals surface area contributed by atoms with Crippen molar-refractivity contribution in [2.45, 2.75) is 39.0 Å². The molecule has 0 radical (unpaired) electrons. The molecule has 0 atom stereocenters. The van der Waals surface area contributed by atoms with Crippen molar-refractivity contribution in [2.24, 2.45) is 0 Å². The summed E-state index contributed by atoms with van der Waals surface area (Å²) in [5, 5.41) is 0.561. The lowest BCUT2D eigenvalue weighted by atomic mass is 9.77. The smallest absolute Gasteiger partial charge is 0.136 e. The zero-order valence-corrected chi connectivity index (χ0v) is 12.0. The minimum absolute atomic E-state index is 0.561. The van der Waals surface area contributed by atoms with Gasteiger partial charge in [0.05, 0.1) is 5.69 Å². The van der Waals surface area contributed by atoms with E-state index in [4.69, 9.17) is 11.6 Å². The van der Waals surface area contributed by atoms with Crippen molar-refractivity contribution in [2.75, 3.05) is 0 Å². The van der Waals surface area contributed by atoms with Crippen molar-refractivity contribution in [1.82, 2.24) is 9.97 Å². The molecule has 19 heavy (non-hydrogen) atoms. The molecule has 0 unspecified atom stereocenters. The topological polar surface area (TPSA) is 25.8 Å². The maximum Gasteiger partial charge on any atom is 0.136 e. The van der Waals surface area contributed by atoms with Gasteiger partial charge in [0.15, 0.2) is 0 Å². The van der Waals surface area contributed by atoms with Crippen LogP contribution in [-0.2, 0) is 0 Å². The molecule has 3 rings (SSSR count). The predicted molar refractivity (Wildman–Crippen MR) is 78.5 cm³/mol. The normalized spacial score (nSPS) is 15.3. The summed E-state index contributed by atoms with van der Waals surface area (Å²) in [7, 11) is 0. The molecule has 1 fully saturated rings. The van der Waals surface area contributed by atoms with Crippen molar-refractivity contribution >= 4 is 11.6 Å². The average Bonchev–Trinajstić information content (AvgIpc) is 2.32. The van der Waals surface area contributed by atoms with Gasteiger partial charge >= 0.3 is 0 Å². The Kier molecular flexibility index (Phi) is 3.28. The van der Waals surface area contributed by atoms with Gasteiger partial charge in [0.1, 0.15) is 11.0 Å². The second kappa shape index (κ2) is 4.93. The van der Waals surface area contributed by atoms with E-state index in [0.29, 0.717) is 11.1 Å². The van der Waals surface area contributed by atoms with Crippen LogP contribution in [0.3, 0.4) is 0 Å². The lowest BCUT2D eigenvalue weighted by molar-refractivity contribution is 0.420. The van der Waals surface area contributed by atoms with Crippen molar-refractivity contribution in [3.63, 3.8) is 0 Å². The molecule has 0 N–H and O–H groups in total. The molecular formula is C16H17ClN2. The largest absolute Gasteiger partial charge is 0.233 e. The number of benzene rings is 1. The molecule has 1 aromatic heterocycles. The van der Waals surface area contributed by atoms with Gasteiger partial charge in [-0.25, -0.2) is 9.97 Å². The van der Waals surface area contributed by atoms with Gasteiger partial charge in [0.25, 0.3) is 0 Å². The summed E-state index contributed by atoms with van der Waals surface area (Å²) >= 11 is 6.20. The number of aryl methyl sites for hydroxylation is 1. The van der Waals surface area contributed by atoms with Crippen LogP contribution in [0, 0.1) is 13.8 Å². The minimum atomic E-state index is 0.561. The number of halogens is 1. The van der Waals surface area contributed by atoms with Crippen LogP contribution in [0.15, 0.2) is 24.3 Å². The van der Waals surface area contributed by atoms with Crippen LogP contribution in [0.2, 0.25) is 5.15 Å². The third-order valence-electron chi connectivity index (χ3n) is 3.96. The standard InChI is InChI=1S/C16H17ClN2/c1-10-15(18-11(2)19-16(10)17)14-9-4-3-8-13(14)12-6-5-7-12/h3-4,8-9,12H,5-7H2,1-2H3. The summed E-state index contributed by atoms with van der Waals surface area (Å²) in [6.07, 6.45) is 3.91. The van der Waals surface area contributed by atoms with Gasteiger partial charge in [0, 0.05) is 11.1 Å². The van der Waals surface area contributed by atoms with Crippen molar-refractivity contribution in [1.29, 1.82) is 0 Å². The Morgan fingerprint density at radius 2 is 1.84 bits per heavy atom. The highest BCUT2D eigenvalue weighted by molar-refractivity contribution is 6.30. The van der Waals surface area contributed by atoms with Gasteiger partial charge in [-0.1, -0.05) is 42.3 Å². The lowest BCUT2D eigenvalue weighted by Gasteiger charge is -2.28. The highest BCUT2D eigenvalue weighted by atomic mass is 35.5. The van der Waals surface area contributed by atoms with E-state index >= 15 is 0 Å². The second-order valence-electron chi connectivity index (χ2n) is 5.25. The van der Waals surface area contributed by atoms with Gasteiger partial charge in [-0.3, -0.25) is 0 Å². The molecule has 0 bridgehead atoms. The first kappa shape index (κ1) is 12.6. The minimum Gasteiger partial charge on any atom is -0.233 e. The first-order valence-electron chi connectivity index (χ1n) is 6.77. The third-order valence-corrected chi connectivity index (χ3v) is 4.33. The molecule has 2 aromatic rings. The van der Waals surface area contributed by atoms with Crippen LogP contribution in [0.4, 0.5) is 0 Å². The summed E-state index contributed by atoms with van der Waals surface area (Å²) in [4.78, 5) is 8.83. The molecular weight excluding hydrogens is 256 g/mol. The quantitative estimate of drug-likeness (QED) is 0.742.